The molecule has 0 atom stereocenters. The van der Waals surface area contributed by atoms with Gasteiger partial charge in [0.05, 0.1) is 20.1 Å². The van der Waals surface area contributed by atoms with E-state index in [4.69, 9.17) is 0 Å². The number of halogens is 1. The zero-order valence-electron chi connectivity index (χ0n) is 16.0. The Balaban J connectivity index is 1.93. The van der Waals surface area contributed by atoms with E-state index in [1.54, 1.807) is 18.2 Å². The van der Waals surface area contributed by atoms with Crippen LogP contribution in [0.1, 0.15) is 45.7 Å². The monoisotopic (exact) mass is 386 g/mol. The molecule has 148 valence electrons. The van der Waals surface area contributed by atoms with Crippen molar-refractivity contribution in [3.05, 3.63) is 58.2 Å². The van der Waals surface area contributed by atoms with Crippen molar-refractivity contribution in [1.82, 2.24) is 9.88 Å². The van der Waals surface area contributed by atoms with Gasteiger partial charge in [0.25, 0.3) is 0 Å². The summed E-state index contributed by atoms with van der Waals surface area (Å²) < 4.78 is 20.6. The summed E-state index contributed by atoms with van der Waals surface area (Å²) in [5, 5.41) is 2.50. The number of rotatable bonds is 6. The van der Waals surface area contributed by atoms with Crippen LogP contribution >= 0.6 is 0 Å². The number of benzene rings is 1. The minimum atomic E-state index is -0.541. The van der Waals surface area contributed by atoms with Gasteiger partial charge < -0.3 is 14.6 Å². The number of carbonyl (C=O) groups excluding carboxylic acids is 3. The highest BCUT2D eigenvalue weighted by Gasteiger charge is 2.29. The van der Waals surface area contributed by atoms with E-state index in [1.807, 2.05) is 11.5 Å². The molecular formula is C21H23FN2O4. The third kappa shape index (κ3) is 3.98. The van der Waals surface area contributed by atoms with Gasteiger partial charge in [-0.2, -0.15) is 0 Å². The van der Waals surface area contributed by atoms with Crippen LogP contribution < -0.4 is 5.32 Å². The van der Waals surface area contributed by atoms with Crippen LogP contribution in [0.5, 0.6) is 0 Å². The number of nitrogens with one attached hydrogen (secondary N) is 1. The van der Waals surface area contributed by atoms with E-state index >= 15 is 0 Å². The average molecular weight is 386 g/mol. The molecule has 3 rings (SSSR count). The van der Waals surface area contributed by atoms with Crippen LogP contribution in [0.2, 0.25) is 0 Å². The number of Topliss-reactive ketones (excluding diaryl/α,β-unsaturated/α-hetero) is 1. The fraction of sp³-hybridized carbons (Fsp3) is 0.381. The third-order valence-electron chi connectivity index (χ3n) is 5.14. The predicted molar refractivity (Wildman–Crippen MR) is 101 cm³/mol. The largest absolute Gasteiger partial charge is 0.468 e. The number of hydrogen-bond donors (Lipinski definition) is 1. The lowest BCUT2D eigenvalue weighted by Gasteiger charge is -2.16. The van der Waals surface area contributed by atoms with E-state index in [2.05, 4.69) is 10.1 Å². The number of ketones is 1. The van der Waals surface area contributed by atoms with E-state index < -0.39 is 5.97 Å². The molecule has 0 spiro atoms. The second kappa shape index (κ2) is 8.37. The van der Waals surface area contributed by atoms with Gasteiger partial charge in [0, 0.05) is 28.9 Å². The van der Waals surface area contributed by atoms with Gasteiger partial charge in [0.1, 0.15) is 12.4 Å². The standard InChI is InChI=1S/C21H23FN2O4/c1-13-15(10-19(26)23-11-20(27)28-2)21-17(8-5-9-18(21)25)24(13)12-14-6-3-4-7-16(14)22/h3-4,6-7H,5,8-12H2,1-2H3,(H,23,26). The molecule has 7 heteroatoms. The summed E-state index contributed by atoms with van der Waals surface area (Å²) in [4.78, 5) is 36.1. The van der Waals surface area contributed by atoms with Crippen molar-refractivity contribution in [2.75, 3.05) is 13.7 Å². The second-order valence-electron chi connectivity index (χ2n) is 6.87. The molecule has 1 aliphatic carbocycles. The highest BCUT2D eigenvalue weighted by molar-refractivity contribution is 6.01. The Morgan fingerprint density at radius 2 is 2.00 bits per heavy atom. The Kier molecular flexibility index (Phi) is 5.92. The number of hydrogen-bond acceptors (Lipinski definition) is 4. The maximum Gasteiger partial charge on any atom is 0.325 e. The fourth-order valence-electron chi connectivity index (χ4n) is 3.68. The van der Waals surface area contributed by atoms with Gasteiger partial charge in [0.2, 0.25) is 5.91 Å². The van der Waals surface area contributed by atoms with Crippen LogP contribution in [-0.4, -0.2) is 35.9 Å². The van der Waals surface area contributed by atoms with Crippen LogP contribution in [0.4, 0.5) is 4.39 Å². The Morgan fingerprint density at radius 1 is 1.25 bits per heavy atom. The molecule has 1 aromatic carbocycles. The molecule has 1 N–H and O–H groups in total. The minimum absolute atomic E-state index is 0.00685. The number of esters is 1. The van der Waals surface area contributed by atoms with E-state index in [0.29, 0.717) is 36.1 Å². The van der Waals surface area contributed by atoms with Crippen LogP contribution in [0.15, 0.2) is 24.3 Å². The Morgan fingerprint density at radius 3 is 2.71 bits per heavy atom. The molecule has 0 bridgehead atoms. The van der Waals surface area contributed by atoms with E-state index in [9.17, 15) is 18.8 Å². The number of fused-ring (bicyclic) bond motifs is 1. The molecule has 1 aromatic heterocycles. The minimum Gasteiger partial charge on any atom is -0.468 e. The first-order valence-electron chi connectivity index (χ1n) is 9.23. The Labute approximate surface area is 162 Å². The highest BCUT2D eigenvalue weighted by atomic mass is 19.1. The fourth-order valence-corrected chi connectivity index (χ4v) is 3.68. The van der Waals surface area contributed by atoms with E-state index in [-0.39, 0.29) is 30.5 Å². The summed E-state index contributed by atoms with van der Waals surface area (Å²) in [6, 6.07) is 6.54. The van der Waals surface area contributed by atoms with Gasteiger partial charge >= 0.3 is 5.97 Å². The molecule has 1 amide bonds. The van der Waals surface area contributed by atoms with Crippen molar-refractivity contribution in [2.45, 2.75) is 39.2 Å². The number of carbonyl (C=O) groups is 3. The zero-order chi connectivity index (χ0) is 20.3. The number of amides is 1. The molecule has 1 heterocycles. The summed E-state index contributed by atoms with van der Waals surface area (Å²) in [5.41, 5.74) is 3.39. The number of aromatic nitrogens is 1. The first-order chi connectivity index (χ1) is 13.4. The number of ether oxygens (including phenoxy) is 1. The number of nitrogens with zero attached hydrogens (tertiary/aromatic N) is 1. The van der Waals surface area contributed by atoms with Crippen LogP contribution in [0.3, 0.4) is 0 Å². The molecule has 1 aliphatic rings. The lowest BCUT2D eigenvalue weighted by Crippen LogP contribution is -2.31. The Hall–Kier alpha value is -2.96. The van der Waals surface area contributed by atoms with Gasteiger partial charge in [-0.1, -0.05) is 18.2 Å². The van der Waals surface area contributed by atoms with Crippen molar-refractivity contribution in [3.8, 4) is 0 Å². The summed E-state index contributed by atoms with van der Waals surface area (Å²) in [6.07, 6.45) is 1.87. The smallest absolute Gasteiger partial charge is 0.325 e. The average Bonchev–Trinajstić information content (AvgIpc) is 2.94. The normalized spacial score (nSPS) is 13.2. The van der Waals surface area contributed by atoms with Gasteiger partial charge in [-0.15, -0.1) is 0 Å². The summed E-state index contributed by atoms with van der Waals surface area (Å²) in [5.74, 6) is -1.20. The quantitative estimate of drug-likeness (QED) is 0.773. The molecule has 0 unspecified atom stereocenters. The maximum absolute atomic E-state index is 14.2. The molecule has 0 fully saturated rings. The topological polar surface area (TPSA) is 77.4 Å². The van der Waals surface area contributed by atoms with Gasteiger partial charge in [-0.3, -0.25) is 14.4 Å². The molecule has 0 saturated heterocycles. The third-order valence-corrected chi connectivity index (χ3v) is 5.14. The van der Waals surface area contributed by atoms with E-state index in [0.717, 1.165) is 17.8 Å². The molecule has 2 aromatic rings. The van der Waals surface area contributed by atoms with Crippen LogP contribution in [0.25, 0.3) is 0 Å². The van der Waals surface area contributed by atoms with Gasteiger partial charge in [-0.25, -0.2) is 4.39 Å². The highest BCUT2D eigenvalue weighted by Crippen LogP contribution is 2.31. The molecule has 0 radical (unpaired) electrons. The molecule has 0 aliphatic heterocycles. The predicted octanol–water partition coefficient (Wildman–Crippen LogP) is 2.33. The van der Waals surface area contributed by atoms with Crippen molar-refractivity contribution >= 4 is 17.7 Å². The van der Waals surface area contributed by atoms with Crippen LogP contribution in [-0.2, 0) is 33.7 Å². The zero-order valence-corrected chi connectivity index (χ0v) is 16.0. The SMILES string of the molecule is COC(=O)CNC(=O)Cc1c2c(n(Cc3ccccc3F)c1C)CCCC2=O. The molecule has 28 heavy (non-hydrogen) atoms. The van der Waals surface area contributed by atoms with Crippen molar-refractivity contribution in [3.63, 3.8) is 0 Å². The lowest BCUT2D eigenvalue weighted by molar-refractivity contribution is -0.141. The molecule has 6 nitrogen and oxygen atoms in total. The number of methoxy groups -OCH3 is 1. The maximum atomic E-state index is 14.2. The lowest BCUT2D eigenvalue weighted by atomic mass is 9.92. The van der Waals surface area contributed by atoms with Crippen molar-refractivity contribution in [2.24, 2.45) is 0 Å². The summed E-state index contributed by atoms with van der Waals surface area (Å²) >= 11 is 0. The summed E-state index contributed by atoms with van der Waals surface area (Å²) in [6.45, 7) is 1.92. The van der Waals surface area contributed by atoms with Gasteiger partial charge in [0.15, 0.2) is 5.78 Å². The molecule has 0 saturated carbocycles. The first-order valence-corrected chi connectivity index (χ1v) is 9.23. The van der Waals surface area contributed by atoms with E-state index in [1.165, 1.54) is 13.2 Å². The molecular weight excluding hydrogens is 363 g/mol. The Bertz CT molecular complexity index is 933. The second-order valence-corrected chi connectivity index (χ2v) is 6.87. The van der Waals surface area contributed by atoms with Crippen LogP contribution in [0, 0.1) is 12.7 Å². The summed E-state index contributed by atoms with van der Waals surface area (Å²) in [7, 11) is 1.25. The van der Waals surface area contributed by atoms with Crippen molar-refractivity contribution < 1.29 is 23.5 Å². The van der Waals surface area contributed by atoms with Crippen molar-refractivity contribution in [1.29, 1.82) is 0 Å². The van der Waals surface area contributed by atoms with Gasteiger partial charge in [-0.05, 0) is 31.4 Å². The first kappa shape index (κ1) is 19.8.